The van der Waals surface area contributed by atoms with Crippen LogP contribution in [0.15, 0.2) is 28.2 Å². The average Bonchev–Trinajstić information content (AvgIpc) is 2.99. The first kappa shape index (κ1) is 21.6. The van der Waals surface area contributed by atoms with Crippen LogP contribution in [0.3, 0.4) is 0 Å². The molecule has 0 bridgehead atoms. The molecule has 29 heavy (non-hydrogen) atoms. The van der Waals surface area contributed by atoms with E-state index < -0.39 is 0 Å². The summed E-state index contributed by atoms with van der Waals surface area (Å²) >= 11 is 7.77. The molecule has 0 atom stereocenters. The molecule has 0 radical (unpaired) electrons. The number of hydrogen-bond donors (Lipinski definition) is 0. The van der Waals surface area contributed by atoms with Crippen LogP contribution in [0.25, 0.3) is 0 Å². The van der Waals surface area contributed by atoms with Crippen molar-refractivity contribution in [1.29, 1.82) is 5.26 Å². The van der Waals surface area contributed by atoms with E-state index in [4.69, 9.17) is 26.1 Å². The lowest BCUT2D eigenvalue weighted by Gasteiger charge is -2.30. The van der Waals surface area contributed by atoms with Gasteiger partial charge in [-0.3, -0.25) is 0 Å². The minimum atomic E-state index is -0.370. The zero-order valence-corrected chi connectivity index (χ0v) is 18.9. The van der Waals surface area contributed by atoms with Gasteiger partial charge in [-0.2, -0.15) is 15.2 Å². The predicted molar refractivity (Wildman–Crippen MR) is 116 cm³/mol. The molecule has 0 saturated carbocycles. The summed E-state index contributed by atoms with van der Waals surface area (Å²) < 4.78 is 13.7. The minimum Gasteiger partial charge on any atom is -0.496 e. The largest absolute Gasteiger partial charge is 0.496 e. The van der Waals surface area contributed by atoms with Gasteiger partial charge in [0, 0.05) is 23.7 Å². The van der Waals surface area contributed by atoms with Crippen molar-refractivity contribution < 1.29 is 9.47 Å². The van der Waals surface area contributed by atoms with Gasteiger partial charge < -0.3 is 14.0 Å². The van der Waals surface area contributed by atoms with Crippen LogP contribution < -0.4 is 9.54 Å². The van der Waals surface area contributed by atoms with E-state index in [1.54, 1.807) is 36.6 Å². The van der Waals surface area contributed by atoms with Crippen LogP contribution in [-0.2, 0) is 23.3 Å². The second-order valence-corrected chi connectivity index (χ2v) is 9.18. The lowest BCUT2D eigenvalue weighted by atomic mass is 10.0. The first-order valence-electron chi connectivity index (χ1n) is 9.49. The summed E-state index contributed by atoms with van der Waals surface area (Å²) in [6.45, 7) is 10.0. The summed E-state index contributed by atoms with van der Waals surface area (Å²) in [7, 11) is 1.57. The van der Waals surface area contributed by atoms with Crippen molar-refractivity contribution in [3.63, 3.8) is 0 Å². The van der Waals surface area contributed by atoms with E-state index in [1.165, 1.54) is 5.69 Å². The van der Waals surface area contributed by atoms with Crippen molar-refractivity contribution in [3.05, 3.63) is 44.2 Å². The van der Waals surface area contributed by atoms with Crippen molar-refractivity contribution in [3.8, 4) is 11.9 Å². The second kappa shape index (κ2) is 8.70. The molecular weight excluding hydrogens is 408 g/mol. The predicted octanol–water partition coefficient (Wildman–Crippen LogP) is 4.50. The molecular formula is C21H25ClN4O2S. The normalized spacial score (nSPS) is 16.6. The third-order valence-electron chi connectivity index (χ3n) is 4.67. The maximum Gasteiger partial charge on any atom is 0.207 e. The van der Waals surface area contributed by atoms with Gasteiger partial charge in [-0.15, -0.1) is 0 Å². The van der Waals surface area contributed by atoms with E-state index in [0.717, 1.165) is 22.6 Å². The zero-order valence-electron chi connectivity index (χ0n) is 17.3. The Morgan fingerprint density at radius 3 is 2.86 bits per heavy atom. The summed E-state index contributed by atoms with van der Waals surface area (Å²) in [5.74, 6) is 1.28. The number of aromatic nitrogens is 1. The molecule has 0 spiro atoms. The minimum absolute atomic E-state index is 0.279. The van der Waals surface area contributed by atoms with Gasteiger partial charge in [0.25, 0.3) is 0 Å². The molecule has 154 valence electrons. The van der Waals surface area contributed by atoms with E-state index >= 15 is 0 Å². The molecule has 0 aliphatic carbocycles. The first-order chi connectivity index (χ1) is 13.8. The molecule has 0 fully saturated rings. The molecule has 0 N–H and O–H groups in total. The van der Waals surface area contributed by atoms with E-state index in [2.05, 4.69) is 37.3 Å². The molecule has 0 unspecified atom stereocenters. The second-order valence-electron chi connectivity index (χ2n) is 7.77. The Kier molecular flexibility index (Phi) is 6.47. The van der Waals surface area contributed by atoms with Gasteiger partial charge in [0.2, 0.25) is 6.19 Å². The number of hydrogen-bond acceptors (Lipinski definition) is 5. The van der Waals surface area contributed by atoms with Gasteiger partial charge in [0.1, 0.15) is 5.75 Å². The molecule has 0 amide bonds. The Balaban J connectivity index is 2.25. The number of nitriles is 1. The SMILES string of the molecule is COc1ccc(Cl)cc1C(=N/C#N)/N=c1\sc2c(n1CC(C)C)CCOC2(C)C. The highest BCUT2D eigenvalue weighted by Gasteiger charge is 2.33. The van der Waals surface area contributed by atoms with Gasteiger partial charge in [-0.25, -0.2) is 0 Å². The Morgan fingerprint density at radius 1 is 1.45 bits per heavy atom. The fourth-order valence-electron chi connectivity index (χ4n) is 3.41. The zero-order chi connectivity index (χ0) is 21.2. The van der Waals surface area contributed by atoms with Crippen molar-refractivity contribution in [1.82, 2.24) is 4.57 Å². The third kappa shape index (κ3) is 4.55. The number of benzene rings is 1. The summed E-state index contributed by atoms with van der Waals surface area (Å²) in [6, 6.07) is 5.20. The molecule has 6 nitrogen and oxygen atoms in total. The van der Waals surface area contributed by atoms with Crippen LogP contribution in [0.2, 0.25) is 5.02 Å². The van der Waals surface area contributed by atoms with Crippen molar-refractivity contribution >= 4 is 28.8 Å². The molecule has 1 aromatic heterocycles. The topological polar surface area (TPSA) is 71.9 Å². The summed E-state index contributed by atoms with van der Waals surface area (Å²) in [4.78, 5) is 10.7. The van der Waals surface area contributed by atoms with E-state index in [0.29, 0.717) is 28.9 Å². The average molecular weight is 433 g/mol. The highest BCUT2D eigenvalue weighted by molar-refractivity contribution is 7.09. The number of rotatable bonds is 4. The summed E-state index contributed by atoms with van der Waals surface area (Å²) in [5, 5.41) is 9.80. The Labute approximate surface area is 180 Å². The van der Waals surface area contributed by atoms with Crippen LogP contribution in [0.5, 0.6) is 5.75 Å². The lowest BCUT2D eigenvalue weighted by Crippen LogP contribution is -2.30. The quantitative estimate of drug-likeness (QED) is 0.405. The number of ether oxygens (including phenoxy) is 2. The standard InChI is InChI=1S/C21H25ClN4O2S/c1-13(2)11-26-16-8-9-28-21(3,4)18(16)29-20(26)25-19(24-12-23)15-10-14(22)6-7-17(15)27-5/h6-7,10,13H,8-9,11H2,1-5H3/b24-19-,25-20-. The van der Waals surface area contributed by atoms with Crippen LogP contribution in [0.4, 0.5) is 0 Å². The van der Waals surface area contributed by atoms with Crippen molar-refractivity contribution in [2.75, 3.05) is 13.7 Å². The van der Waals surface area contributed by atoms with E-state index in [9.17, 15) is 5.26 Å². The highest BCUT2D eigenvalue weighted by Crippen LogP contribution is 2.35. The molecule has 1 aliphatic rings. The molecule has 2 aromatic rings. The number of halogens is 1. The lowest BCUT2D eigenvalue weighted by molar-refractivity contribution is -0.0299. The Bertz CT molecular complexity index is 1040. The fourth-order valence-corrected chi connectivity index (χ4v) is 4.82. The van der Waals surface area contributed by atoms with E-state index in [1.807, 2.05) is 6.19 Å². The highest BCUT2D eigenvalue weighted by atomic mass is 35.5. The Hall–Kier alpha value is -2.14. The molecule has 1 aromatic carbocycles. The van der Waals surface area contributed by atoms with Crippen molar-refractivity contribution in [2.45, 2.75) is 46.3 Å². The van der Waals surface area contributed by atoms with Crippen LogP contribution in [0, 0.1) is 17.4 Å². The summed E-state index contributed by atoms with van der Waals surface area (Å²) in [6.07, 6.45) is 2.70. The number of methoxy groups -OCH3 is 1. The number of nitrogens with zero attached hydrogens (tertiary/aromatic N) is 4. The van der Waals surface area contributed by atoms with Crippen LogP contribution in [0.1, 0.15) is 43.8 Å². The number of aliphatic imine (C=N–C) groups is 1. The molecule has 8 heteroatoms. The van der Waals surface area contributed by atoms with Gasteiger partial charge in [0.05, 0.1) is 29.8 Å². The van der Waals surface area contributed by atoms with Crippen LogP contribution in [-0.4, -0.2) is 24.1 Å². The number of amidine groups is 1. The number of fused-ring (bicyclic) bond motifs is 1. The maximum atomic E-state index is 9.27. The van der Waals surface area contributed by atoms with Gasteiger partial charge >= 0.3 is 0 Å². The van der Waals surface area contributed by atoms with Crippen LogP contribution >= 0.6 is 22.9 Å². The molecule has 3 rings (SSSR count). The maximum absolute atomic E-state index is 9.27. The van der Waals surface area contributed by atoms with Gasteiger partial charge in [-0.1, -0.05) is 36.8 Å². The third-order valence-corrected chi connectivity index (χ3v) is 6.33. The fraction of sp³-hybridized carbons (Fsp3) is 0.476. The van der Waals surface area contributed by atoms with E-state index in [-0.39, 0.29) is 11.4 Å². The smallest absolute Gasteiger partial charge is 0.207 e. The summed E-state index contributed by atoms with van der Waals surface area (Å²) in [5.41, 5.74) is 1.46. The Morgan fingerprint density at radius 2 is 2.21 bits per heavy atom. The first-order valence-corrected chi connectivity index (χ1v) is 10.7. The number of thiazole rings is 1. The van der Waals surface area contributed by atoms with Gasteiger partial charge in [0.15, 0.2) is 10.6 Å². The molecule has 1 aliphatic heterocycles. The van der Waals surface area contributed by atoms with Crippen molar-refractivity contribution in [2.24, 2.45) is 15.9 Å². The molecule has 0 saturated heterocycles. The molecule has 2 heterocycles. The monoisotopic (exact) mass is 432 g/mol. The van der Waals surface area contributed by atoms with Gasteiger partial charge in [-0.05, 0) is 38.0 Å².